The maximum absolute atomic E-state index is 13.5. The number of carbonyl (C=O) groups is 3. The van der Waals surface area contributed by atoms with Gasteiger partial charge in [0.25, 0.3) is 0 Å². The number of aryl methyl sites for hydroxylation is 1. The van der Waals surface area contributed by atoms with E-state index < -0.39 is 5.92 Å². The van der Waals surface area contributed by atoms with Gasteiger partial charge in [0.05, 0.1) is 21.1 Å². The second kappa shape index (κ2) is 13.6. The van der Waals surface area contributed by atoms with Crippen molar-refractivity contribution in [3.05, 3.63) is 41.4 Å². The lowest BCUT2D eigenvalue weighted by atomic mass is 9.87. The van der Waals surface area contributed by atoms with Crippen LogP contribution in [0.2, 0.25) is 0 Å². The molecule has 1 amide bonds. The Hall–Kier alpha value is -2.38. The summed E-state index contributed by atoms with van der Waals surface area (Å²) in [5.74, 6) is -0.256. The maximum Gasteiger partial charge on any atom is 0.224 e. The van der Waals surface area contributed by atoms with Crippen molar-refractivity contribution in [3.63, 3.8) is 0 Å². The summed E-state index contributed by atoms with van der Waals surface area (Å²) in [5.41, 5.74) is 2.19. The fraction of sp³-hybridized carbons (Fsp3) is 0.571. The van der Waals surface area contributed by atoms with Crippen LogP contribution in [0.5, 0.6) is 0 Å². The van der Waals surface area contributed by atoms with E-state index in [9.17, 15) is 14.4 Å². The first-order valence-electron chi connectivity index (χ1n) is 12.9. The van der Waals surface area contributed by atoms with Crippen molar-refractivity contribution in [1.82, 2.24) is 10.3 Å². The van der Waals surface area contributed by atoms with Gasteiger partial charge in [0.15, 0.2) is 5.78 Å². The van der Waals surface area contributed by atoms with Gasteiger partial charge in [0.2, 0.25) is 5.91 Å². The molecule has 1 N–H and O–H groups in total. The van der Waals surface area contributed by atoms with Gasteiger partial charge in [0, 0.05) is 44.9 Å². The number of fused-ring (bicyclic) bond motifs is 1. The Bertz CT molecular complexity index is 1030. The van der Waals surface area contributed by atoms with Gasteiger partial charge >= 0.3 is 0 Å². The number of Topliss-reactive ketones (excluding diaryl/α,β-unsaturated/α-hetero) is 1. The zero-order valence-corrected chi connectivity index (χ0v) is 21.8. The molecule has 0 saturated carbocycles. The van der Waals surface area contributed by atoms with E-state index in [-0.39, 0.29) is 35.9 Å². The number of ketones is 2. The number of nitrogens with zero attached hydrogens (tertiary/aromatic N) is 1. The summed E-state index contributed by atoms with van der Waals surface area (Å²) in [6, 6.07) is 6.15. The molecule has 2 atom stereocenters. The Kier molecular flexibility index (Phi) is 10.6. The van der Waals surface area contributed by atoms with Crippen LogP contribution in [0.4, 0.5) is 0 Å². The Labute approximate surface area is 212 Å². The van der Waals surface area contributed by atoms with Gasteiger partial charge in [-0.25, -0.2) is 4.98 Å². The van der Waals surface area contributed by atoms with E-state index in [1.165, 1.54) is 11.6 Å². The predicted molar refractivity (Wildman–Crippen MR) is 141 cm³/mol. The van der Waals surface area contributed by atoms with Gasteiger partial charge < -0.3 is 10.1 Å². The van der Waals surface area contributed by atoms with E-state index in [1.807, 2.05) is 13.0 Å². The van der Waals surface area contributed by atoms with Crippen LogP contribution in [0, 0.1) is 11.8 Å². The molecule has 0 radical (unpaired) electrons. The lowest BCUT2D eigenvalue weighted by Gasteiger charge is -2.32. The first kappa shape index (κ1) is 27.2. The fourth-order valence-corrected chi connectivity index (χ4v) is 5.80. The lowest BCUT2D eigenvalue weighted by Crippen LogP contribution is -2.45. The third kappa shape index (κ3) is 8.07. The second-order valence-corrected chi connectivity index (χ2v) is 10.5. The highest BCUT2D eigenvalue weighted by Gasteiger charge is 2.30. The molecule has 1 aliphatic rings. The van der Waals surface area contributed by atoms with Crippen molar-refractivity contribution < 1.29 is 19.1 Å². The normalized spacial score (nSPS) is 16.1. The molecule has 1 aliphatic heterocycles. The number of carbonyl (C=O) groups excluding carboxylic acids is 3. The zero-order chi connectivity index (χ0) is 25.2. The largest absolute Gasteiger partial charge is 0.381 e. The molecule has 0 unspecified atom stereocenters. The van der Waals surface area contributed by atoms with E-state index in [2.05, 4.69) is 31.0 Å². The SMILES string of the molecule is C=CC(=O)CC[C@@H](NC(=O)[C@@H](CC(=O)CCC)Cc1nc2ccc(CC)cc2s1)C1CCOCC1. The third-order valence-corrected chi connectivity index (χ3v) is 7.83. The number of hydrogen-bond donors (Lipinski definition) is 1. The monoisotopic (exact) mass is 498 g/mol. The highest BCUT2D eigenvalue weighted by atomic mass is 32.1. The summed E-state index contributed by atoms with van der Waals surface area (Å²) in [6.07, 6.45) is 6.81. The van der Waals surface area contributed by atoms with Crippen LogP contribution in [0.3, 0.4) is 0 Å². The summed E-state index contributed by atoms with van der Waals surface area (Å²) < 4.78 is 6.62. The Balaban J connectivity index is 1.78. The van der Waals surface area contributed by atoms with E-state index in [4.69, 9.17) is 9.72 Å². The Morgan fingerprint density at radius 1 is 1.23 bits per heavy atom. The number of thiazole rings is 1. The molecule has 0 bridgehead atoms. The van der Waals surface area contributed by atoms with E-state index in [0.717, 1.165) is 40.9 Å². The van der Waals surface area contributed by atoms with Crippen LogP contribution in [-0.4, -0.2) is 41.7 Å². The molecule has 1 fully saturated rings. The lowest BCUT2D eigenvalue weighted by molar-refractivity contribution is -0.130. The van der Waals surface area contributed by atoms with Crippen LogP contribution < -0.4 is 5.32 Å². The van der Waals surface area contributed by atoms with E-state index in [1.54, 1.807) is 11.3 Å². The van der Waals surface area contributed by atoms with Gasteiger partial charge in [-0.05, 0) is 61.8 Å². The van der Waals surface area contributed by atoms with Gasteiger partial charge in [-0.1, -0.05) is 26.5 Å². The summed E-state index contributed by atoms with van der Waals surface area (Å²) in [4.78, 5) is 42.8. The average Bonchev–Trinajstić information content (AvgIpc) is 3.27. The number of hydrogen-bond acceptors (Lipinski definition) is 6. The molecule has 1 saturated heterocycles. The Morgan fingerprint density at radius 3 is 2.69 bits per heavy atom. The average molecular weight is 499 g/mol. The Morgan fingerprint density at radius 2 is 2.00 bits per heavy atom. The highest BCUT2D eigenvalue weighted by molar-refractivity contribution is 7.18. The molecule has 190 valence electrons. The standard InChI is InChI=1S/C28H38N2O4S/c1-4-7-23(32)17-21(18-27-29-25-10-8-19(5-2)16-26(25)35-27)28(33)30-24(11-9-22(31)6-3)20-12-14-34-15-13-20/h6,8,10,16,20-21,24H,3-5,7,9,11-15,17-18H2,1-2H3,(H,30,33)/t21-,24+/m0/s1. The first-order valence-corrected chi connectivity index (χ1v) is 13.7. The quantitative estimate of drug-likeness (QED) is 0.361. The van der Waals surface area contributed by atoms with Gasteiger partial charge in [0.1, 0.15) is 5.78 Å². The summed E-state index contributed by atoms with van der Waals surface area (Å²) in [6.45, 7) is 8.99. The first-order chi connectivity index (χ1) is 16.9. The molecule has 7 heteroatoms. The van der Waals surface area contributed by atoms with Gasteiger partial charge in [-0.15, -0.1) is 11.3 Å². The molecule has 2 heterocycles. The molecule has 1 aromatic carbocycles. The number of nitrogens with one attached hydrogen (secondary N) is 1. The van der Waals surface area contributed by atoms with Crippen molar-refractivity contribution in [2.24, 2.45) is 11.8 Å². The molecule has 0 spiro atoms. The second-order valence-electron chi connectivity index (χ2n) is 9.43. The number of amides is 1. The molecule has 1 aromatic heterocycles. The molecule has 3 rings (SSSR count). The van der Waals surface area contributed by atoms with Crippen molar-refractivity contribution >= 4 is 39.0 Å². The molecular formula is C28H38N2O4S. The molecule has 6 nitrogen and oxygen atoms in total. The van der Waals surface area contributed by atoms with Crippen molar-refractivity contribution in [1.29, 1.82) is 0 Å². The van der Waals surface area contributed by atoms with Crippen LogP contribution in [-0.2, 0) is 32.0 Å². The number of aromatic nitrogens is 1. The topological polar surface area (TPSA) is 85.4 Å². The minimum absolute atomic E-state index is 0.0214. The van der Waals surface area contributed by atoms with Gasteiger partial charge in [-0.3, -0.25) is 14.4 Å². The molecular weight excluding hydrogens is 460 g/mol. The molecule has 0 aliphatic carbocycles. The number of ether oxygens (including phenoxy) is 1. The minimum Gasteiger partial charge on any atom is -0.381 e. The van der Waals surface area contributed by atoms with Gasteiger partial charge in [-0.2, -0.15) is 0 Å². The number of allylic oxidation sites excluding steroid dienone is 1. The zero-order valence-electron chi connectivity index (χ0n) is 21.0. The van der Waals surface area contributed by atoms with E-state index in [0.29, 0.717) is 38.9 Å². The number of benzene rings is 1. The minimum atomic E-state index is -0.474. The van der Waals surface area contributed by atoms with Crippen LogP contribution in [0.25, 0.3) is 10.2 Å². The summed E-state index contributed by atoms with van der Waals surface area (Å²) in [7, 11) is 0. The summed E-state index contributed by atoms with van der Waals surface area (Å²) in [5, 5.41) is 4.11. The van der Waals surface area contributed by atoms with Crippen molar-refractivity contribution in [2.75, 3.05) is 13.2 Å². The molecule has 2 aromatic rings. The highest BCUT2D eigenvalue weighted by Crippen LogP contribution is 2.28. The van der Waals surface area contributed by atoms with Crippen LogP contribution >= 0.6 is 11.3 Å². The number of rotatable bonds is 14. The maximum atomic E-state index is 13.5. The van der Waals surface area contributed by atoms with Crippen LogP contribution in [0.15, 0.2) is 30.9 Å². The van der Waals surface area contributed by atoms with Crippen molar-refractivity contribution in [3.8, 4) is 0 Å². The van der Waals surface area contributed by atoms with E-state index >= 15 is 0 Å². The van der Waals surface area contributed by atoms with Crippen LogP contribution in [0.1, 0.15) is 69.4 Å². The predicted octanol–water partition coefficient (Wildman–Crippen LogP) is 5.22. The third-order valence-electron chi connectivity index (χ3n) is 6.79. The molecule has 35 heavy (non-hydrogen) atoms. The summed E-state index contributed by atoms with van der Waals surface area (Å²) >= 11 is 1.60. The smallest absolute Gasteiger partial charge is 0.224 e. The van der Waals surface area contributed by atoms with Crippen molar-refractivity contribution in [2.45, 2.75) is 77.7 Å². The fourth-order valence-electron chi connectivity index (χ4n) is 4.69.